The zero-order valence-electron chi connectivity index (χ0n) is 10.5. The monoisotopic (exact) mass is 292 g/mol. The second kappa shape index (κ2) is 6.01. The van der Waals surface area contributed by atoms with E-state index in [1.54, 1.807) is 0 Å². The second-order valence-electron chi connectivity index (χ2n) is 4.68. The van der Waals surface area contributed by atoms with Crippen molar-refractivity contribution < 1.29 is 13.2 Å². The van der Waals surface area contributed by atoms with Crippen molar-refractivity contribution in [3.8, 4) is 0 Å². The van der Waals surface area contributed by atoms with Gasteiger partial charge in [0.15, 0.2) is 0 Å². The van der Waals surface area contributed by atoms with Gasteiger partial charge in [-0.2, -0.15) is 13.2 Å². The standard InChI is InChI=1S/C13H16ClF3N2/c14-9-11-1-3-12(4-2-11)19-7-5-18(6-8-19)10-13(15,16)17/h1-4H,5-10H2. The third-order valence-electron chi connectivity index (χ3n) is 3.23. The highest BCUT2D eigenvalue weighted by molar-refractivity contribution is 6.17. The van der Waals surface area contributed by atoms with Crippen LogP contribution in [-0.2, 0) is 5.88 Å². The molecule has 6 heteroatoms. The van der Waals surface area contributed by atoms with E-state index in [1.165, 1.54) is 4.90 Å². The van der Waals surface area contributed by atoms with Crippen LogP contribution >= 0.6 is 11.6 Å². The Morgan fingerprint density at radius 1 is 1.00 bits per heavy atom. The van der Waals surface area contributed by atoms with E-state index < -0.39 is 12.7 Å². The molecule has 1 aromatic carbocycles. The predicted octanol–water partition coefficient (Wildman–Crippen LogP) is 3.11. The summed E-state index contributed by atoms with van der Waals surface area (Å²) in [5.41, 5.74) is 2.08. The molecule has 0 bridgehead atoms. The minimum absolute atomic E-state index is 0.441. The Morgan fingerprint density at radius 3 is 2.05 bits per heavy atom. The van der Waals surface area contributed by atoms with Crippen LogP contribution in [0.5, 0.6) is 0 Å². The molecular formula is C13H16ClF3N2. The largest absolute Gasteiger partial charge is 0.401 e. The summed E-state index contributed by atoms with van der Waals surface area (Å²) in [6.07, 6.45) is -4.11. The lowest BCUT2D eigenvalue weighted by Crippen LogP contribution is -2.49. The highest BCUT2D eigenvalue weighted by atomic mass is 35.5. The van der Waals surface area contributed by atoms with E-state index in [0.29, 0.717) is 32.1 Å². The van der Waals surface area contributed by atoms with Crippen LogP contribution < -0.4 is 4.90 Å². The van der Waals surface area contributed by atoms with Crippen molar-refractivity contribution in [2.45, 2.75) is 12.1 Å². The molecule has 0 saturated carbocycles. The number of rotatable bonds is 3. The molecule has 1 aliphatic heterocycles. The Morgan fingerprint density at radius 2 is 1.58 bits per heavy atom. The molecule has 0 unspecified atom stereocenters. The van der Waals surface area contributed by atoms with Gasteiger partial charge in [0.2, 0.25) is 0 Å². The summed E-state index contributed by atoms with van der Waals surface area (Å²) in [5.74, 6) is 0.472. The molecule has 0 atom stereocenters. The van der Waals surface area contributed by atoms with Crippen LogP contribution in [0, 0.1) is 0 Å². The number of piperazine rings is 1. The van der Waals surface area contributed by atoms with Gasteiger partial charge in [0.05, 0.1) is 6.54 Å². The number of hydrogen-bond acceptors (Lipinski definition) is 2. The summed E-state index contributed by atoms with van der Waals surface area (Å²) >= 11 is 5.72. The molecule has 19 heavy (non-hydrogen) atoms. The van der Waals surface area contributed by atoms with Crippen LogP contribution in [0.2, 0.25) is 0 Å². The highest BCUT2D eigenvalue weighted by Crippen LogP contribution is 2.21. The van der Waals surface area contributed by atoms with Gasteiger partial charge in [0.1, 0.15) is 0 Å². The van der Waals surface area contributed by atoms with Gasteiger partial charge in [-0.25, -0.2) is 0 Å². The van der Waals surface area contributed by atoms with E-state index >= 15 is 0 Å². The van der Waals surface area contributed by atoms with E-state index in [9.17, 15) is 13.2 Å². The predicted molar refractivity (Wildman–Crippen MR) is 70.7 cm³/mol. The quantitative estimate of drug-likeness (QED) is 0.790. The van der Waals surface area contributed by atoms with Crippen molar-refractivity contribution in [3.05, 3.63) is 29.8 Å². The molecule has 0 spiro atoms. The summed E-state index contributed by atoms with van der Waals surface area (Å²) in [7, 11) is 0. The van der Waals surface area contributed by atoms with Gasteiger partial charge in [-0.3, -0.25) is 4.90 Å². The summed E-state index contributed by atoms with van der Waals surface area (Å²) in [4.78, 5) is 3.55. The number of nitrogens with zero attached hydrogens (tertiary/aromatic N) is 2. The molecule has 1 fully saturated rings. The van der Waals surface area contributed by atoms with Gasteiger partial charge < -0.3 is 4.90 Å². The van der Waals surface area contributed by atoms with E-state index in [1.807, 2.05) is 24.3 Å². The number of benzene rings is 1. The fourth-order valence-electron chi connectivity index (χ4n) is 2.21. The van der Waals surface area contributed by atoms with Crippen LogP contribution in [0.15, 0.2) is 24.3 Å². The lowest BCUT2D eigenvalue weighted by atomic mass is 10.2. The maximum Gasteiger partial charge on any atom is 0.401 e. The summed E-state index contributed by atoms with van der Waals surface area (Å²) in [5, 5.41) is 0. The third-order valence-corrected chi connectivity index (χ3v) is 3.54. The molecule has 106 valence electrons. The number of halogens is 4. The summed E-state index contributed by atoms with van der Waals surface area (Å²) in [6.45, 7) is 1.31. The minimum atomic E-state index is -4.11. The average molecular weight is 293 g/mol. The Bertz CT molecular complexity index is 397. The van der Waals surface area contributed by atoms with Gasteiger partial charge in [-0.05, 0) is 17.7 Å². The highest BCUT2D eigenvalue weighted by Gasteiger charge is 2.32. The van der Waals surface area contributed by atoms with E-state index in [0.717, 1.165) is 11.3 Å². The lowest BCUT2D eigenvalue weighted by Gasteiger charge is -2.36. The molecule has 0 N–H and O–H groups in total. The first-order valence-electron chi connectivity index (χ1n) is 6.17. The zero-order valence-corrected chi connectivity index (χ0v) is 11.2. The Hall–Kier alpha value is -0.940. The minimum Gasteiger partial charge on any atom is -0.369 e. The van der Waals surface area contributed by atoms with Gasteiger partial charge in [-0.1, -0.05) is 12.1 Å². The summed E-state index contributed by atoms with van der Waals surface area (Å²) in [6, 6.07) is 7.84. The first kappa shape index (κ1) is 14.5. The number of anilines is 1. The van der Waals surface area contributed by atoms with Gasteiger partial charge in [-0.15, -0.1) is 11.6 Å². The normalized spacial score (nSPS) is 17.8. The lowest BCUT2D eigenvalue weighted by molar-refractivity contribution is -0.146. The van der Waals surface area contributed by atoms with Crippen molar-refractivity contribution in [2.75, 3.05) is 37.6 Å². The Labute approximate surface area is 115 Å². The van der Waals surface area contributed by atoms with E-state index in [2.05, 4.69) is 4.90 Å². The third kappa shape index (κ3) is 4.28. The second-order valence-corrected chi connectivity index (χ2v) is 4.95. The van der Waals surface area contributed by atoms with Crippen LogP contribution in [0.4, 0.5) is 18.9 Å². The molecule has 0 radical (unpaired) electrons. The van der Waals surface area contributed by atoms with E-state index in [4.69, 9.17) is 11.6 Å². The van der Waals surface area contributed by atoms with Gasteiger partial charge in [0, 0.05) is 37.7 Å². The zero-order chi connectivity index (χ0) is 13.9. The van der Waals surface area contributed by atoms with Crippen LogP contribution in [-0.4, -0.2) is 43.8 Å². The molecule has 0 amide bonds. The molecule has 0 aliphatic carbocycles. The van der Waals surface area contributed by atoms with Crippen LogP contribution in [0.1, 0.15) is 5.56 Å². The molecule has 0 aromatic heterocycles. The molecule has 1 aromatic rings. The van der Waals surface area contributed by atoms with Crippen LogP contribution in [0.25, 0.3) is 0 Å². The average Bonchev–Trinajstić information content (AvgIpc) is 2.38. The van der Waals surface area contributed by atoms with Crippen molar-refractivity contribution in [1.29, 1.82) is 0 Å². The fourth-order valence-corrected chi connectivity index (χ4v) is 2.39. The molecule has 2 nitrogen and oxygen atoms in total. The Balaban J connectivity index is 1.88. The number of alkyl halides is 4. The molecule has 1 saturated heterocycles. The summed E-state index contributed by atoms with van der Waals surface area (Å²) < 4.78 is 36.8. The fraction of sp³-hybridized carbons (Fsp3) is 0.538. The number of hydrogen-bond donors (Lipinski definition) is 0. The molecule has 1 aliphatic rings. The van der Waals surface area contributed by atoms with Gasteiger partial charge in [0.25, 0.3) is 0 Å². The first-order valence-corrected chi connectivity index (χ1v) is 6.70. The molecule has 2 rings (SSSR count). The molecular weight excluding hydrogens is 277 g/mol. The maximum atomic E-state index is 12.3. The maximum absolute atomic E-state index is 12.3. The topological polar surface area (TPSA) is 6.48 Å². The first-order chi connectivity index (χ1) is 8.98. The van der Waals surface area contributed by atoms with E-state index in [-0.39, 0.29) is 0 Å². The SMILES string of the molecule is FC(F)(F)CN1CCN(c2ccc(CCl)cc2)CC1. The van der Waals surface area contributed by atoms with Gasteiger partial charge >= 0.3 is 6.18 Å². The Kier molecular flexibility index (Phi) is 4.58. The van der Waals surface area contributed by atoms with Crippen LogP contribution in [0.3, 0.4) is 0 Å². The van der Waals surface area contributed by atoms with Crippen molar-refractivity contribution in [1.82, 2.24) is 4.90 Å². The van der Waals surface area contributed by atoms with Crippen molar-refractivity contribution in [2.24, 2.45) is 0 Å². The smallest absolute Gasteiger partial charge is 0.369 e. The van der Waals surface area contributed by atoms with Crippen molar-refractivity contribution >= 4 is 17.3 Å². The van der Waals surface area contributed by atoms with Crippen molar-refractivity contribution in [3.63, 3.8) is 0 Å². The molecule has 1 heterocycles.